The summed E-state index contributed by atoms with van der Waals surface area (Å²) in [6.07, 6.45) is 1.87. The highest BCUT2D eigenvalue weighted by molar-refractivity contribution is 7.22. The largest absolute Gasteiger partial charge is 0.507 e. The number of benzene rings is 3. The van der Waals surface area contributed by atoms with Crippen LogP contribution in [0.2, 0.25) is 0 Å². The number of ether oxygens (including phenoxy) is 4. The van der Waals surface area contributed by atoms with Crippen LogP contribution in [0.25, 0.3) is 16.0 Å². The Kier molecular flexibility index (Phi) is 7.23. The third-order valence-corrected chi connectivity index (χ3v) is 8.01. The number of ketones is 1. The molecule has 3 aromatic carbocycles. The van der Waals surface area contributed by atoms with Gasteiger partial charge in [-0.3, -0.25) is 14.5 Å². The second-order valence-corrected chi connectivity index (χ2v) is 10.6. The lowest BCUT2D eigenvalue weighted by molar-refractivity contribution is -0.132. The first-order valence-electron chi connectivity index (χ1n) is 13.4. The number of nitrogens with zero attached hydrogens (tertiary/aromatic N) is 2. The summed E-state index contributed by atoms with van der Waals surface area (Å²) in [4.78, 5) is 33.3. The molecule has 2 aliphatic rings. The molecule has 1 aromatic heterocycles. The van der Waals surface area contributed by atoms with Gasteiger partial charge in [-0.15, -0.1) is 0 Å². The Bertz CT molecular complexity index is 1680. The van der Waals surface area contributed by atoms with Crippen LogP contribution in [0.5, 0.6) is 23.0 Å². The van der Waals surface area contributed by atoms with Crippen molar-refractivity contribution in [3.05, 3.63) is 77.4 Å². The van der Waals surface area contributed by atoms with Crippen molar-refractivity contribution >= 4 is 44.1 Å². The van der Waals surface area contributed by atoms with Crippen molar-refractivity contribution in [1.82, 2.24) is 4.98 Å². The first-order valence-corrected chi connectivity index (χ1v) is 14.2. The Balaban J connectivity index is 1.50. The van der Waals surface area contributed by atoms with Crippen LogP contribution in [-0.4, -0.2) is 48.7 Å². The van der Waals surface area contributed by atoms with Gasteiger partial charge in [0.25, 0.3) is 5.78 Å². The number of methoxy groups -OCH3 is 1. The van der Waals surface area contributed by atoms with E-state index >= 15 is 0 Å². The van der Waals surface area contributed by atoms with Crippen molar-refractivity contribution in [3.63, 3.8) is 0 Å². The molecular weight excluding hydrogens is 544 g/mol. The monoisotopic (exact) mass is 572 g/mol. The molecule has 1 atom stereocenters. The minimum absolute atomic E-state index is 0.0470. The van der Waals surface area contributed by atoms with Gasteiger partial charge < -0.3 is 24.1 Å². The molecule has 2 aliphatic heterocycles. The molecule has 1 fully saturated rings. The predicted molar refractivity (Wildman–Crippen MR) is 155 cm³/mol. The smallest absolute Gasteiger partial charge is 0.301 e. The molecule has 4 aromatic rings. The van der Waals surface area contributed by atoms with Crippen LogP contribution in [0.15, 0.2) is 66.2 Å². The second kappa shape index (κ2) is 11.1. The number of amides is 1. The SMILES string of the molecule is CCCCOc1cccc([C@H]2C(=C(O)c3ccc4c(c3)OCCO4)C(=O)C(=O)N2c2nc3ccc(OC)cc3s2)c1. The number of unbranched alkanes of at least 4 members (excludes halogenated alkanes) is 1. The van der Waals surface area contributed by atoms with E-state index in [1.54, 1.807) is 43.5 Å². The average molecular weight is 573 g/mol. The molecule has 6 rings (SSSR count). The van der Waals surface area contributed by atoms with Crippen molar-refractivity contribution in [2.75, 3.05) is 31.8 Å². The Hall–Kier alpha value is -4.57. The topological polar surface area (TPSA) is 107 Å². The number of rotatable bonds is 8. The number of aromatic nitrogens is 1. The van der Waals surface area contributed by atoms with Crippen LogP contribution >= 0.6 is 11.3 Å². The van der Waals surface area contributed by atoms with E-state index in [0.717, 1.165) is 17.5 Å². The zero-order valence-electron chi connectivity index (χ0n) is 22.6. The molecule has 41 heavy (non-hydrogen) atoms. The van der Waals surface area contributed by atoms with E-state index in [1.165, 1.54) is 16.2 Å². The normalized spacial score (nSPS) is 17.7. The maximum atomic E-state index is 13.7. The minimum atomic E-state index is -0.944. The highest BCUT2D eigenvalue weighted by atomic mass is 32.1. The molecule has 0 aliphatic carbocycles. The van der Waals surface area contributed by atoms with E-state index in [-0.39, 0.29) is 11.3 Å². The molecule has 1 amide bonds. The van der Waals surface area contributed by atoms with Gasteiger partial charge in [0.05, 0.1) is 35.5 Å². The molecule has 1 N–H and O–H groups in total. The molecule has 0 unspecified atom stereocenters. The first-order chi connectivity index (χ1) is 20.0. The number of anilines is 1. The number of aliphatic hydroxyl groups is 1. The summed E-state index contributed by atoms with van der Waals surface area (Å²) in [7, 11) is 1.58. The molecule has 0 bridgehead atoms. The quantitative estimate of drug-likeness (QED) is 0.121. The van der Waals surface area contributed by atoms with Crippen LogP contribution in [0.3, 0.4) is 0 Å². The fourth-order valence-corrected chi connectivity index (χ4v) is 5.94. The number of carbonyl (C=O) groups is 2. The molecule has 210 valence electrons. The van der Waals surface area contributed by atoms with Gasteiger partial charge in [-0.25, -0.2) is 4.98 Å². The highest BCUT2D eigenvalue weighted by Crippen LogP contribution is 2.46. The van der Waals surface area contributed by atoms with E-state index in [9.17, 15) is 14.7 Å². The molecule has 0 radical (unpaired) electrons. The van der Waals surface area contributed by atoms with Gasteiger partial charge in [0, 0.05) is 5.56 Å². The van der Waals surface area contributed by atoms with Crippen LogP contribution in [0, 0.1) is 0 Å². The van der Waals surface area contributed by atoms with Gasteiger partial charge >= 0.3 is 5.91 Å². The Morgan fingerprint density at radius 3 is 2.68 bits per heavy atom. The Morgan fingerprint density at radius 2 is 1.88 bits per heavy atom. The molecule has 0 spiro atoms. The van der Waals surface area contributed by atoms with Gasteiger partial charge in [0.2, 0.25) is 0 Å². The standard InChI is InChI=1S/C31H28N2O7S/c1-3-4-12-38-21-7-5-6-18(15-21)27-26(28(34)19-8-11-23-24(16-19)40-14-13-39-23)29(35)30(36)33(27)31-32-22-10-9-20(37-2)17-25(22)41-31/h5-11,15-17,27,34H,3-4,12-14H2,1-2H3/t27-/m0/s1. The zero-order valence-corrected chi connectivity index (χ0v) is 23.4. The van der Waals surface area contributed by atoms with E-state index < -0.39 is 17.7 Å². The van der Waals surface area contributed by atoms with Crippen molar-refractivity contribution in [2.24, 2.45) is 0 Å². The van der Waals surface area contributed by atoms with Crippen LogP contribution in [0.4, 0.5) is 5.13 Å². The maximum absolute atomic E-state index is 13.7. The number of fused-ring (bicyclic) bond motifs is 2. The first kappa shape index (κ1) is 26.6. The van der Waals surface area contributed by atoms with Crippen molar-refractivity contribution in [1.29, 1.82) is 0 Å². The van der Waals surface area contributed by atoms with Crippen molar-refractivity contribution in [2.45, 2.75) is 25.8 Å². The number of Topliss-reactive ketones (excluding diaryl/α,β-unsaturated/α-hetero) is 1. The van der Waals surface area contributed by atoms with E-state index in [0.29, 0.717) is 64.6 Å². The highest BCUT2D eigenvalue weighted by Gasteiger charge is 2.48. The van der Waals surface area contributed by atoms with Gasteiger partial charge in [-0.05, 0) is 60.5 Å². The van der Waals surface area contributed by atoms with Crippen molar-refractivity contribution < 1.29 is 33.6 Å². The molecule has 9 nitrogen and oxygen atoms in total. The van der Waals surface area contributed by atoms with Crippen LogP contribution < -0.4 is 23.8 Å². The average Bonchev–Trinajstić information content (AvgIpc) is 3.54. The lowest BCUT2D eigenvalue weighted by Crippen LogP contribution is -2.29. The lowest BCUT2D eigenvalue weighted by atomic mass is 9.95. The van der Waals surface area contributed by atoms with Crippen LogP contribution in [0.1, 0.15) is 36.9 Å². The summed E-state index contributed by atoms with van der Waals surface area (Å²) in [5.41, 5.74) is 1.56. The molecule has 1 saturated heterocycles. The second-order valence-electron chi connectivity index (χ2n) is 9.63. The molecule has 10 heteroatoms. The Labute approximate surface area is 240 Å². The maximum Gasteiger partial charge on any atom is 0.301 e. The predicted octanol–water partition coefficient (Wildman–Crippen LogP) is 5.88. The molecule has 0 saturated carbocycles. The minimum Gasteiger partial charge on any atom is -0.507 e. The number of aliphatic hydroxyl groups excluding tert-OH is 1. The van der Waals surface area contributed by atoms with Gasteiger partial charge in [0.15, 0.2) is 16.6 Å². The van der Waals surface area contributed by atoms with E-state index in [2.05, 4.69) is 11.9 Å². The van der Waals surface area contributed by atoms with Crippen molar-refractivity contribution in [3.8, 4) is 23.0 Å². The zero-order chi connectivity index (χ0) is 28.5. The fourth-order valence-electron chi connectivity index (χ4n) is 4.92. The molecule has 3 heterocycles. The summed E-state index contributed by atoms with van der Waals surface area (Å²) < 4.78 is 23.4. The van der Waals surface area contributed by atoms with Crippen LogP contribution in [-0.2, 0) is 9.59 Å². The third kappa shape index (κ3) is 4.95. The Morgan fingerprint density at radius 1 is 1.05 bits per heavy atom. The lowest BCUT2D eigenvalue weighted by Gasteiger charge is -2.24. The van der Waals surface area contributed by atoms with Gasteiger partial charge in [-0.1, -0.05) is 36.8 Å². The van der Waals surface area contributed by atoms with E-state index in [1.807, 2.05) is 24.3 Å². The number of hydrogen-bond acceptors (Lipinski definition) is 9. The number of carbonyl (C=O) groups excluding carboxylic acids is 2. The summed E-state index contributed by atoms with van der Waals surface area (Å²) in [6.45, 7) is 3.42. The fraction of sp³-hybridized carbons (Fsp3) is 0.258. The molecular formula is C31H28N2O7S. The van der Waals surface area contributed by atoms with Gasteiger partial charge in [0.1, 0.15) is 30.5 Å². The number of thiazole rings is 1. The van der Waals surface area contributed by atoms with Gasteiger partial charge in [-0.2, -0.15) is 0 Å². The third-order valence-electron chi connectivity index (χ3n) is 6.99. The van der Waals surface area contributed by atoms with E-state index in [4.69, 9.17) is 18.9 Å². The summed E-state index contributed by atoms with van der Waals surface area (Å²) in [5.74, 6) is 0.364. The summed E-state index contributed by atoms with van der Waals surface area (Å²) >= 11 is 1.27. The summed E-state index contributed by atoms with van der Waals surface area (Å²) in [6, 6.07) is 16.7. The number of hydrogen-bond donors (Lipinski definition) is 1. The summed E-state index contributed by atoms with van der Waals surface area (Å²) in [5, 5.41) is 11.9.